The van der Waals surface area contributed by atoms with Crippen molar-refractivity contribution in [1.29, 1.82) is 0 Å². The van der Waals surface area contributed by atoms with Crippen molar-refractivity contribution >= 4 is 24.9 Å². The van der Waals surface area contributed by atoms with Crippen LogP contribution in [0.1, 0.15) is 38.8 Å². The van der Waals surface area contributed by atoms with Gasteiger partial charge in [0.15, 0.2) is 7.36 Å². The van der Waals surface area contributed by atoms with Crippen molar-refractivity contribution in [3.8, 4) is 0 Å². The van der Waals surface area contributed by atoms with Gasteiger partial charge in [-0.05, 0) is 29.8 Å². The molecular weight excluding hydrogens is 458 g/mol. The van der Waals surface area contributed by atoms with E-state index in [1.54, 1.807) is 6.07 Å². The molecule has 0 fully saturated rings. The molecule has 0 N–H and O–H groups in total. The smallest absolute Gasteiger partial charge is 0.346 e. The van der Waals surface area contributed by atoms with E-state index in [0.717, 1.165) is 28.8 Å². The van der Waals surface area contributed by atoms with Gasteiger partial charge < -0.3 is 4.90 Å². The second kappa shape index (κ2) is 8.58. The van der Waals surface area contributed by atoms with Crippen molar-refractivity contribution in [3.05, 3.63) is 70.7 Å². The van der Waals surface area contributed by atoms with Crippen LogP contribution in [0.2, 0.25) is 0 Å². The van der Waals surface area contributed by atoms with E-state index in [0.29, 0.717) is 18.8 Å². The molecule has 5 nitrogen and oxygen atoms in total. The van der Waals surface area contributed by atoms with E-state index in [4.69, 9.17) is 4.74 Å². The molecule has 0 aromatic heterocycles. The Hall–Kier alpha value is -2.57. The van der Waals surface area contributed by atoms with Gasteiger partial charge in [0.2, 0.25) is 0 Å². The number of hydrogen-bond acceptors (Lipinski definition) is 3. The lowest BCUT2D eigenvalue weighted by Gasteiger charge is -2.39. The Balaban J connectivity index is 2.05. The third-order valence-electron chi connectivity index (χ3n) is 6.74. The summed E-state index contributed by atoms with van der Waals surface area (Å²) < 4.78 is 49.7. The van der Waals surface area contributed by atoms with Crippen molar-refractivity contribution in [2.24, 2.45) is 9.85 Å². The number of alkyl halides is 3. The molecule has 2 heterocycles. The van der Waals surface area contributed by atoms with Crippen LogP contribution in [0.15, 0.2) is 69.4 Å². The van der Waals surface area contributed by atoms with Gasteiger partial charge in [-0.15, -0.1) is 0 Å². The van der Waals surface area contributed by atoms with E-state index < -0.39 is 19.1 Å². The maximum Gasteiger partial charge on any atom is 0.416 e. The zero-order chi connectivity index (χ0) is 24.9. The van der Waals surface area contributed by atoms with Crippen LogP contribution in [0.25, 0.3) is 0 Å². The van der Waals surface area contributed by atoms with Crippen LogP contribution in [0.5, 0.6) is 0 Å². The fourth-order valence-electron chi connectivity index (χ4n) is 5.14. The van der Waals surface area contributed by atoms with Crippen molar-refractivity contribution in [2.75, 3.05) is 32.1 Å². The van der Waals surface area contributed by atoms with E-state index >= 15 is 0 Å². The topological polar surface area (TPSA) is 34.4 Å². The van der Waals surface area contributed by atoms with Crippen molar-refractivity contribution in [1.82, 2.24) is 9.45 Å². The number of allylic oxidation sites excluding steroid dienone is 2. The summed E-state index contributed by atoms with van der Waals surface area (Å²) in [6.07, 6.45) is -2.57. The second-order valence-corrected chi connectivity index (χ2v) is 12.0. The predicted octanol–water partition coefficient (Wildman–Crippen LogP) is 7.28. The third-order valence-corrected chi connectivity index (χ3v) is 10.5. The number of benzene rings is 2. The van der Waals surface area contributed by atoms with E-state index in [9.17, 15) is 13.2 Å². The summed E-state index contributed by atoms with van der Waals surface area (Å²) in [5.41, 5.74) is 2.70. The Labute approximate surface area is 199 Å². The summed E-state index contributed by atoms with van der Waals surface area (Å²) in [5.74, 6) is 0. The predicted molar refractivity (Wildman–Crippen MR) is 135 cm³/mol. The van der Waals surface area contributed by atoms with Gasteiger partial charge >= 0.3 is 6.18 Å². The molecule has 0 aliphatic carbocycles. The highest BCUT2D eigenvalue weighted by Gasteiger charge is 2.47. The SMILES string of the molecule is CCN(CC)[P@@]1(=Nc2cccc(C(F)(F)F)c2)/C(=C2/N(C)c3ccccc3C2(C)C)C=NN1C. The van der Waals surface area contributed by atoms with Crippen molar-refractivity contribution < 1.29 is 13.2 Å². The summed E-state index contributed by atoms with van der Waals surface area (Å²) in [5, 5.41) is 5.65. The zero-order valence-electron chi connectivity index (χ0n) is 20.4. The molecule has 34 heavy (non-hydrogen) atoms. The van der Waals surface area contributed by atoms with Gasteiger partial charge in [0.25, 0.3) is 0 Å². The molecule has 2 aliphatic heterocycles. The number of hydrogen-bond donors (Lipinski definition) is 0. The first-order valence-corrected chi connectivity index (χ1v) is 13.0. The zero-order valence-corrected chi connectivity index (χ0v) is 21.3. The minimum atomic E-state index is -4.43. The molecule has 182 valence electrons. The monoisotopic (exact) mass is 489 g/mol. The number of para-hydroxylation sites is 1. The van der Waals surface area contributed by atoms with Crippen LogP contribution in [0, 0.1) is 0 Å². The Bertz CT molecular complexity index is 1210. The van der Waals surface area contributed by atoms with Gasteiger partial charge in [-0.3, -0.25) is 0 Å². The average molecular weight is 490 g/mol. The number of halogens is 3. The van der Waals surface area contributed by atoms with Crippen LogP contribution in [-0.4, -0.2) is 42.8 Å². The van der Waals surface area contributed by atoms with Crippen LogP contribution in [0.4, 0.5) is 24.5 Å². The maximum atomic E-state index is 13.5. The standard InChI is InChI=1S/C25H31F3N5P/c1-7-33(8-2)34(30-19-13-11-12-18(16-19)25(26,27)28)22(17-29-32(34)6)23-24(3,4)20-14-9-10-15-21(20)31(23)5/h9-17H,7-8H2,1-6H3/b23-22+/t34-/m1/s1. The molecule has 0 saturated heterocycles. The molecule has 0 bridgehead atoms. The number of hydrazone groups is 1. The average Bonchev–Trinajstić information content (AvgIpc) is 3.20. The number of rotatable bonds is 4. The van der Waals surface area contributed by atoms with Crippen LogP contribution in [-0.2, 0) is 11.6 Å². The highest BCUT2D eigenvalue weighted by atomic mass is 31.2. The van der Waals surface area contributed by atoms with Crippen LogP contribution >= 0.6 is 7.36 Å². The normalized spacial score (nSPS) is 23.7. The number of nitrogens with zero attached hydrogens (tertiary/aromatic N) is 5. The second-order valence-electron chi connectivity index (χ2n) is 9.02. The summed E-state index contributed by atoms with van der Waals surface area (Å²) in [4.78, 5) is 2.19. The Morgan fingerprint density at radius 3 is 2.32 bits per heavy atom. The van der Waals surface area contributed by atoms with E-state index in [-0.39, 0.29) is 5.41 Å². The van der Waals surface area contributed by atoms with E-state index in [1.165, 1.54) is 11.6 Å². The fourth-order valence-corrected chi connectivity index (χ4v) is 8.84. The van der Waals surface area contributed by atoms with Crippen molar-refractivity contribution in [3.63, 3.8) is 0 Å². The molecule has 0 spiro atoms. The van der Waals surface area contributed by atoms with Crippen LogP contribution < -0.4 is 4.90 Å². The number of likely N-dealkylation sites (N-methyl/N-ethyl adjacent to an activating group) is 1. The minimum absolute atomic E-state index is 0.307. The molecule has 2 aromatic carbocycles. The molecule has 0 saturated carbocycles. The summed E-state index contributed by atoms with van der Waals surface area (Å²) in [6.45, 7) is 9.86. The molecule has 0 radical (unpaired) electrons. The highest BCUT2D eigenvalue weighted by Crippen LogP contribution is 2.69. The first kappa shape index (κ1) is 24.6. The number of fused-ring (bicyclic) bond motifs is 1. The fraction of sp³-hybridized carbons (Fsp3) is 0.400. The molecule has 4 rings (SSSR count). The molecule has 2 aromatic rings. The molecule has 0 amide bonds. The third kappa shape index (κ3) is 3.68. The van der Waals surface area contributed by atoms with Gasteiger partial charge in [-0.1, -0.05) is 52.0 Å². The summed E-state index contributed by atoms with van der Waals surface area (Å²) in [7, 11) is 1.22. The summed E-state index contributed by atoms with van der Waals surface area (Å²) >= 11 is 0. The van der Waals surface area contributed by atoms with Gasteiger partial charge in [0, 0.05) is 44.0 Å². The minimum Gasteiger partial charge on any atom is -0.346 e. The van der Waals surface area contributed by atoms with Crippen molar-refractivity contribution in [2.45, 2.75) is 39.3 Å². The van der Waals surface area contributed by atoms with Gasteiger partial charge in [-0.25, -0.2) is 14.2 Å². The Morgan fingerprint density at radius 1 is 1.03 bits per heavy atom. The molecular formula is C25H31F3N5P. The van der Waals surface area contributed by atoms with Gasteiger partial charge in [0.1, 0.15) is 0 Å². The van der Waals surface area contributed by atoms with Crippen LogP contribution in [0.3, 0.4) is 0 Å². The Morgan fingerprint density at radius 2 is 1.71 bits per heavy atom. The van der Waals surface area contributed by atoms with E-state index in [1.807, 2.05) is 37.2 Å². The Kier molecular flexibility index (Phi) is 6.19. The summed E-state index contributed by atoms with van der Waals surface area (Å²) in [6, 6.07) is 13.6. The highest BCUT2D eigenvalue weighted by molar-refractivity contribution is 7.67. The molecule has 2 aliphatic rings. The lowest BCUT2D eigenvalue weighted by molar-refractivity contribution is -0.137. The number of anilines is 1. The molecule has 9 heteroatoms. The molecule has 0 unspecified atom stereocenters. The van der Waals surface area contributed by atoms with Gasteiger partial charge in [0.05, 0.1) is 22.8 Å². The molecule has 1 atom stereocenters. The first-order chi connectivity index (χ1) is 16.0. The maximum absolute atomic E-state index is 13.5. The van der Waals surface area contributed by atoms with Gasteiger partial charge in [-0.2, -0.15) is 18.3 Å². The lowest BCUT2D eigenvalue weighted by Crippen LogP contribution is -2.30. The van der Waals surface area contributed by atoms with E-state index in [2.05, 4.69) is 54.5 Å². The quantitative estimate of drug-likeness (QED) is 0.423. The largest absolute Gasteiger partial charge is 0.416 e. The first-order valence-electron chi connectivity index (χ1n) is 11.4. The lowest BCUT2D eigenvalue weighted by atomic mass is 9.84.